The largest absolute Gasteiger partial charge is 0.334 e. The Kier molecular flexibility index (Phi) is 13.2. The van der Waals surface area contributed by atoms with Gasteiger partial charge in [-0.1, -0.05) is 246 Å². The van der Waals surface area contributed by atoms with Crippen LogP contribution in [-0.4, -0.2) is 12.3 Å². The molecule has 0 N–H and O–H groups in total. The molecule has 0 amide bonds. The molecule has 0 radical (unpaired) electrons. The zero-order chi connectivity index (χ0) is 58.3. The zero-order valence-electron chi connectivity index (χ0n) is 52.8. The Hall–Kier alpha value is -6.78. The summed E-state index contributed by atoms with van der Waals surface area (Å²) in [7, 11) is 0. The Labute approximate surface area is 494 Å². The van der Waals surface area contributed by atoms with Crippen LogP contribution in [0.25, 0.3) is 22.3 Å². The van der Waals surface area contributed by atoms with Crippen LogP contribution in [0.4, 0.5) is 45.5 Å². The Morgan fingerprint density at radius 1 is 0.354 bits per heavy atom. The van der Waals surface area contributed by atoms with Gasteiger partial charge < -0.3 is 14.7 Å². The summed E-state index contributed by atoms with van der Waals surface area (Å²) in [5.74, 6) is 0. The third-order valence-corrected chi connectivity index (χ3v) is 19.9. The normalized spacial score (nSPS) is 19.0. The van der Waals surface area contributed by atoms with Crippen molar-refractivity contribution in [1.29, 1.82) is 0 Å². The summed E-state index contributed by atoms with van der Waals surface area (Å²) < 4.78 is 0. The highest BCUT2D eigenvalue weighted by Gasteiger charge is 2.57. The predicted octanol–water partition coefficient (Wildman–Crippen LogP) is 20.1. The summed E-state index contributed by atoms with van der Waals surface area (Å²) in [6.45, 7) is 40.7. The molecule has 0 aromatic heterocycles. The minimum absolute atomic E-state index is 0.0152. The molecule has 4 heteroatoms. The highest BCUT2D eigenvalue weighted by molar-refractivity contribution is 7.00. The standard InChI is InChI=1S/C78H90BN3/c1-72(2,3)53-32-37-64(59(44-53)51-28-22-20-23-29-51)80-67-40-35-56(75(10,11)12)47-62(67)79-63-48-57(76(13,14)15)36-41-68(63)81(65-38-33-54(73(4,5)6)45-60(65)52-30-24-21-25-31-52)70-50-58(49-69(80)71(70)79)82-66-39-34-55(74(7,8)9)46-61(66)77(16)42-26-18-19-27-43-78(77,82)17/h20-25,28-41,44-50H,18-19,26-27,42-43H2,1-17H3. The minimum atomic E-state index is -0.211. The highest BCUT2D eigenvalue weighted by atomic mass is 15.3. The van der Waals surface area contributed by atoms with Gasteiger partial charge in [0, 0.05) is 50.7 Å². The van der Waals surface area contributed by atoms with Crippen molar-refractivity contribution in [2.75, 3.05) is 14.7 Å². The Bertz CT molecular complexity index is 3580. The van der Waals surface area contributed by atoms with Crippen LogP contribution in [0.1, 0.15) is 190 Å². The van der Waals surface area contributed by atoms with E-state index in [0.29, 0.717) is 0 Å². The van der Waals surface area contributed by atoms with Gasteiger partial charge in [0.05, 0.1) is 16.9 Å². The average Bonchev–Trinajstić information content (AvgIpc) is 1.21. The van der Waals surface area contributed by atoms with Gasteiger partial charge in [0.15, 0.2) is 0 Å². The first-order valence-corrected chi connectivity index (χ1v) is 31.0. The molecular formula is C78H90BN3. The number of fused-ring (bicyclic) bond motifs is 7. The van der Waals surface area contributed by atoms with Crippen LogP contribution in [0.3, 0.4) is 0 Å². The summed E-state index contributed by atoms with van der Waals surface area (Å²) in [6, 6.07) is 65.1. The molecule has 1 saturated carbocycles. The molecule has 0 bridgehead atoms. The fraction of sp³-hybridized carbons (Fsp3) is 0.385. The van der Waals surface area contributed by atoms with Gasteiger partial charge in [-0.25, -0.2) is 0 Å². The van der Waals surface area contributed by atoms with Crippen molar-refractivity contribution in [2.45, 2.75) is 194 Å². The number of benzene rings is 8. The third kappa shape index (κ3) is 9.16. The summed E-state index contributed by atoms with van der Waals surface area (Å²) in [5.41, 5.74) is 26.7. The predicted molar refractivity (Wildman–Crippen MR) is 357 cm³/mol. The Morgan fingerprint density at radius 3 is 1.13 bits per heavy atom. The first kappa shape index (κ1) is 55.7. The molecule has 420 valence electrons. The molecular weight excluding hydrogens is 990 g/mol. The number of hydrogen-bond donors (Lipinski definition) is 0. The molecule has 3 aliphatic heterocycles. The van der Waals surface area contributed by atoms with Crippen LogP contribution < -0.4 is 31.1 Å². The molecule has 1 aliphatic carbocycles. The van der Waals surface area contributed by atoms with Gasteiger partial charge >= 0.3 is 0 Å². The average molecular weight is 1080 g/mol. The molecule has 8 aromatic carbocycles. The number of hydrogen-bond acceptors (Lipinski definition) is 3. The quantitative estimate of drug-likeness (QED) is 0.159. The molecule has 1 fully saturated rings. The van der Waals surface area contributed by atoms with Gasteiger partial charge in [0.25, 0.3) is 6.71 Å². The fourth-order valence-electron chi connectivity index (χ4n) is 14.6. The molecule has 2 atom stereocenters. The molecule has 3 heterocycles. The number of anilines is 8. The molecule has 3 nitrogen and oxygen atoms in total. The summed E-state index contributed by atoms with van der Waals surface area (Å²) in [5, 5.41) is 0. The van der Waals surface area contributed by atoms with E-state index < -0.39 is 0 Å². The Balaban J connectivity index is 1.27. The van der Waals surface area contributed by atoms with E-state index in [1.165, 1.54) is 143 Å². The van der Waals surface area contributed by atoms with Crippen LogP contribution in [0.5, 0.6) is 0 Å². The topological polar surface area (TPSA) is 9.72 Å². The van der Waals surface area contributed by atoms with E-state index in [9.17, 15) is 0 Å². The van der Waals surface area contributed by atoms with Gasteiger partial charge in [-0.15, -0.1) is 0 Å². The van der Waals surface area contributed by atoms with Gasteiger partial charge in [-0.05, 0) is 162 Å². The molecule has 82 heavy (non-hydrogen) atoms. The van der Waals surface area contributed by atoms with Crippen molar-refractivity contribution in [2.24, 2.45) is 0 Å². The van der Waals surface area contributed by atoms with E-state index in [1.807, 2.05) is 0 Å². The van der Waals surface area contributed by atoms with E-state index in [1.54, 1.807) is 0 Å². The van der Waals surface area contributed by atoms with Crippen LogP contribution >= 0.6 is 0 Å². The van der Waals surface area contributed by atoms with Crippen molar-refractivity contribution in [3.63, 3.8) is 0 Å². The first-order valence-electron chi connectivity index (χ1n) is 31.0. The van der Waals surface area contributed by atoms with Crippen molar-refractivity contribution in [3.05, 3.63) is 197 Å². The van der Waals surface area contributed by atoms with E-state index in [4.69, 9.17) is 0 Å². The molecule has 12 rings (SSSR count). The second-order valence-electron chi connectivity index (χ2n) is 30.6. The van der Waals surface area contributed by atoms with Crippen molar-refractivity contribution in [1.82, 2.24) is 0 Å². The first-order chi connectivity index (χ1) is 38.6. The van der Waals surface area contributed by atoms with Crippen molar-refractivity contribution < 1.29 is 0 Å². The summed E-state index contributed by atoms with van der Waals surface area (Å²) in [6.07, 6.45) is 7.26. The zero-order valence-corrected chi connectivity index (χ0v) is 52.8. The minimum Gasteiger partial charge on any atom is -0.334 e. The van der Waals surface area contributed by atoms with E-state index >= 15 is 0 Å². The second kappa shape index (κ2) is 19.4. The number of rotatable bonds is 5. The molecule has 4 aliphatic rings. The van der Waals surface area contributed by atoms with Gasteiger partial charge in [0.1, 0.15) is 0 Å². The van der Waals surface area contributed by atoms with Gasteiger partial charge in [-0.3, -0.25) is 0 Å². The second-order valence-corrected chi connectivity index (χ2v) is 30.6. The van der Waals surface area contributed by atoms with Gasteiger partial charge in [-0.2, -0.15) is 0 Å². The fourth-order valence-corrected chi connectivity index (χ4v) is 14.6. The smallest absolute Gasteiger partial charge is 0.252 e. The SMILES string of the molecule is CC(C)(C)c1ccc2c(c1)B1c3cc(C(C)(C)C)ccc3N(c3ccc(C(C)(C)C)cc3-c3ccccc3)c3cc(N4c5ccc(C(C)(C)C)cc5C5(C)CCCCCCC45C)cc(c31)N2c1ccc(C(C)(C)C)cc1-c1ccccc1. The maximum atomic E-state index is 2.88. The number of nitrogens with zero attached hydrogens (tertiary/aromatic N) is 3. The van der Waals surface area contributed by atoms with Crippen LogP contribution in [0.2, 0.25) is 0 Å². The molecule has 0 saturated heterocycles. The van der Waals surface area contributed by atoms with E-state index in [-0.39, 0.29) is 44.7 Å². The maximum Gasteiger partial charge on any atom is 0.252 e. The lowest BCUT2D eigenvalue weighted by Crippen LogP contribution is -2.62. The highest BCUT2D eigenvalue weighted by Crippen LogP contribution is 2.62. The van der Waals surface area contributed by atoms with Crippen LogP contribution in [0.15, 0.2) is 164 Å². The molecule has 8 aromatic rings. The summed E-state index contributed by atoms with van der Waals surface area (Å²) in [4.78, 5) is 8.30. The van der Waals surface area contributed by atoms with Crippen LogP contribution in [-0.2, 0) is 32.5 Å². The van der Waals surface area contributed by atoms with Crippen molar-refractivity contribution in [3.8, 4) is 22.3 Å². The van der Waals surface area contributed by atoms with Gasteiger partial charge in [0.2, 0.25) is 0 Å². The lowest BCUT2D eigenvalue weighted by molar-refractivity contribution is 0.217. The van der Waals surface area contributed by atoms with Crippen LogP contribution in [0, 0.1) is 0 Å². The van der Waals surface area contributed by atoms with Crippen molar-refractivity contribution >= 4 is 68.6 Å². The lowest BCUT2D eigenvalue weighted by Gasteiger charge is -2.50. The van der Waals surface area contributed by atoms with E-state index in [0.717, 1.165) is 12.8 Å². The third-order valence-electron chi connectivity index (χ3n) is 19.9. The molecule has 2 unspecified atom stereocenters. The summed E-state index contributed by atoms with van der Waals surface area (Å²) >= 11 is 0. The monoisotopic (exact) mass is 1080 g/mol. The Morgan fingerprint density at radius 2 is 0.720 bits per heavy atom. The maximum absolute atomic E-state index is 2.88. The van der Waals surface area contributed by atoms with E-state index in [2.05, 4.69) is 296 Å². The molecule has 0 spiro atoms. The lowest BCUT2D eigenvalue weighted by atomic mass is 9.33.